The van der Waals surface area contributed by atoms with E-state index >= 15 is 0 Å². The maximum absolute atomic E-state index is 12.7. The third-order valence-electron chi connectivity index (χ3n) is 10.4. The van der Waals surface area contributed by atoms with E-state index in [1.54, 1.807) is 6.92 Å². The lowest BCUT2D eigenvalue weighted by Gasteiger charge is -2.30. The molecule has 0 aromatic carbocycles. The summed E-state index contributed by atoms with van der Waals surface area (Å²) in [5, 5.41) is 29.5. The minimum absolute atomic E-state index is 0.0272. The summed E-state index contributed by atoms with van der Waals surface area (Å²) in [6.45, 7) is 3.72. The number of amides is 3. The summed E-state index contributed by atoms with van der Waals surface area (Å²) in [4.78, 5) is 100. The number of aliphatic hydroxyl groups is 2. The van der Waals surface area contributed by atoms with Crippen LogP contribution in [-0.4, -0.2) is 174 Å². The van der Waals surface area contributed by atoms with Crippen molar-refractivity contribution in [3.63, 3.8) is 0 Å². The van der Waals surface area contributed by atoms with Crippen LogP contribution >= 0.6 is 35.2 Å². The average Bonchev–Trinajstić information content (AvgIpc) is 3.78. The van der Waals surface area contributed by atoms with Crippen LogP contribution in [0.3, 0.4) is 0 Å². The van der Waals surface area contributed by atoms with Crippen LogP contribution in [0.1, 0.15) is 71.9 Å². The number of ketones is 1. The van der Waals surface area contributed by atoms with Crippen molar-refractivity contribution in [1.29, 1.82) is 0 Å². The number of aliphatic hydroxyl groups excluding tert-OH is 2. The highest BCUT2D eigenvalue weighted by Crippen LogP contribution is 2.61. The summed E-state index contributed by atoms with van der Waals surface area (Å²) in [5.41, 5.74) is 4.26. The van der Waals surface area contributed by atoms with E-state index in [0.717, 1.165) is 66.8 Å². The molecule has 1 aliphatic rings. The average molecular weight is 1050 g/mol. The number of phosphoric ester groups is 3. The Kier molecular flexibility index (Phi) is 23.1. The van der Waals surface area contributed by atoms with Gasteiger partial charge in [-0.15, -0.1) is 0 Å². The fourth-order valence-corrected chi connectivity index (χ4v) is 10.2. The summed E-state index contributed by atoms with van der Waals surface area (Å²) >= 11 is 1.32. The first-order chi connectivity index (χ1) is 31.5. The Bertz CT molecular complexity index is 2140. The zero-order chi connectivity index (χ0) is 51.1. The van der Waals surface area contributed by atoms with Crippen LogP contribution in [0.15, 0.2) is 12.7 Å². The Morgan fingerprint density at radius 1 is 0.926 bits per heavy atom. The molecule has 0 radical (unpaired) electrons. The van der Waals surface area contributed by atoms with Gasteiger partial charge in [0.2, 0.25) is 17.7 Å². The van der Waals surface area contributed by atoms with Crippen LogP contribution in [0.25, 0.3) is 11.2 Å². The molecule has 31 heteroatoms. The first-order valence-corrected chi connectivity index (χ1v) is 27.2. The fraction of sp³-hybridized carbons (Fsp3) is 0.757. The Balaban J connectivity index is 1.33. The van der Waals surface area contributed by atoms with Crippen LogP contribution in [0.2, 0.25) is 0 Å². The molecular weight excluding hydrogens is 983 g/mol. The number of hydrogen-bond donors (Lipinski definition) is 10. The molecule has 3 amide bonds. The van der Waals surface area contributed by atoms with Gasteiger partial charge in [0.05, 0.1) is 53.0 Å². The number of rotatable bonds is 32. The molecule has 3 heterocycles. The summed E-state index contributed by atoms with van der Waals surface area (Å²) in [5.74, 6) is -0.712. The maximum atomic E-state index is 12.7. The molecule has 0 spiro atoms. The first-order valence-electron chi connectivity index (χ1n) is 21.5. The van der Waals surface area contributed by atoms with Gasteiger partial charge < -0.3 is 60.7 Å². The molecule has 27 nitrogen and oxygen atoms in total. The smallest absolute Gasteiger partial charge is 0.386 e. The number of Topliss-reactive ketones (excluding diaryl/α,β-unsaturated/α-hetero) is 1. The quantitative estimate of drug-likeness (QED) is 0.0271. The van der Waals surface area contributed by atoms with Gasteiger partial charge in [-0.2, -0.15) is 16.1 Å². The summed E-state index contributed by atoms with van der Waals surface area (Å²) in [6, 6.07) is 0. The van der Waals surface area contributed by atoms with Crippen molar-refractivity contribution in [3.05, 3.63) is 12.7 Å². The number of nitrogens with zero attached hydrogens (tertiary/aromatic N) is 5. The van der Waals surface area contributed by atoms with Crippen molar-refractivity contribution in [2.45, 2.75) is 96.4 Å². The molecule has 3 rings (SSSR count). The number of nitrogen functional groups attached to an aromatic ring is 1. The second-order valence-electron chi connectivity index (χ2n) is 17.8. The number of phosphoric acid groups is 3. The molecule has 2 aromatic rings. The van der Waals surface area contributed by atoms with E-state index in [9.17, 15) is 62.7 Å². The monoisotopic (exact) mass is 1050 g/mol. The number of anilines is 1. The lowest BCUT2D eigenvalue weighted by atomic mass is 9.87. The Hall–Kier alpha value is -3.01. The van der Waals surface area contributed by atoms with Crippen molar-refractivity contribution in [2.24, 2.45) is 11.3 Å². The second kappa shape index (κ2) is 26.4. The molecule has 1 saturated heterocycles. The molecule has 0 aliphatic carbocycles. The number of hydrogen-bond acceptors (Lipinski definition) is 19. The molecule has 2 aromatic heterocycles. The molecule has 0 bridgehead atoms. The molecule has 8 unspecified atom stereocenters. The van der Waals surface area contributed by atoms with Crippen LogP contribution in [0.4, 0.5) is 5.82 Å². The highest BCUT2D eigenvalue weighted by atomic mass is 32.2. The molecule has 1 fully saturated rings. The summed E-state index contributed by atoms with van der Waals surface area (Å²) < 4.78 is 63.3. The van der Waals surface area contributed by atoms with Gasteiger partial charge in [0.15, 0.2) is 17.7 Å². The third-order valence-corrected chi connectivity index (χ3v) is 14.4. The lowest BCUT2D eigenvalue weighted by molar-refractivity contribution is -0.870. The number of carbonyl (C=O) groups excluding carboxylic acids is 4. The fourth-order valence-electron chi connectivity index (χ4n) is 6.69. The molecule has 1 aliphatic heterocycles. The number of ether oxygens (including phenoxy) is 1. The number of nitrogens with one attached hydrogen (secondary N) is 3. The number of carbonyl (C=O) groups is 4. The van der Waals surface area contributed by atoms with E-state index in [1.807, 2.05) is 0 Å². The highest BCUT2D eigenvalue weighted by Gasteiger charge is 2.50. The van der Waals surface area contributed by atoms with Gasteiger partial charge in [0, 0.05) is 43.1 Å². The Labute approximate surface area is 398 Å². The minimum atomic E-state index is -5.59. The highest BCUT2D eigenvalue weighted by molar-refractivity contribution is 7.99. The van der Waals surface area contributed by atoms with Crippen molar-refractivity contribution in [3.8, 4) is 0 Å². The zero-order valence-electron chi connectivity index (χ0n) is 38.9. The minimum Gasteiger partial charge on any atom is -0.386 e. The molecule has 0 saturated carbocycles. The van der Waals surface area contributed by atoms with Crippen molar-refractivity contribution >= 4 is 75.7 Å². The predicted molar refractivity (Wildman–Crippen MR) is 245 cm³/mol. The second-order valence-corrected chi connectivity index (χ2v) is 23.1. The lowest BCUT2D eigenvalue weighted by Crippen LogP contribution is -2.46. The van der Waals surface area contributed by atoms with Gasteiger partial charge in [-0.25, -0.2) is 28.6 Å². The van der Waals surface area contributed by atoms with Gasteiger partial charge in [0.25, 0.3) is 0 Å². The molecule has 68 heavy (non-hydrogen) atoms. The van der Waals surface area contributed by atoms with Gasteiger partial charge in [0.1, 0.15) is 42.0 Å². The zero-order valence-corrected chi connectivity index (χ0v) is 42.4. The van der Waals surface area contributed by atoms with E-state index in [4.69, 9.17) is 19.5 Å². The molecule has 8 atom stereocenters. The molecule has 388 valence electrons. The van der Waals surface area contributed by atoms with Crippen LogP contribution < -0.4 is 21.7 Å². The van der Waals surface area contributed by atoms with Crippen molar-refractivity contribution < 1.29 is 89.8 Å². The summed E-state index contributed by atoms with van der Waals surface area (Å²) in [7, 11) is -10.00. The van der Waals surface area contributed by atoms with Crippen molar-refractivity contribution in [1.82, 2.24) is 35.5 Å². The van der Waals surface area contributed by atoms with Crippen LogP contribution in [0.5, 0.6) is 0 Å². The number of quaternary nitrogens is 1. The largest absolute Gasteiger partial charge is 0.481 e. The summed E-state index contributed by atoms with van der Waals surface area (Å²) in [6.07, 6.45) is -1.59. The third kappa shape index (κ3) is 20.8. The molecule has 11 N–H and O–H groups in total. The van der Waals surface area contributed by atoms with E-state index in [1.165, 1.54) is 25.6 Å². The number of imidazole rings is 1. The van der Waals surface area contributed by atoms with E-state index in [2.05, 4.69) is 60.9 Å². The maximum Gasteiger partial charge on any atom is 0.481 e. The number of aromatic nitrogens is 4. The van der Waals surface area contributed by atoms with E-state index in [0.29, 0.717) is 12.3 Å². The van der Waals surface area contributed by atoms with Gasteiger partial charge in [-0.05, 0) is 39.0 Å². The standard InChI is InChI=1S/C37H66N9O18P3S/c1-24(47)25(12-8-10-17-46(4,5)6)11-7-9-14-39-28(49)20-68-18-16-40-27(48)13-15-41-35(52)32(51)37(2,3)21-61-67(58,59)64-66(56,57)60-19-26-31(63-65(53,54)55)30(50)36(62-26)45-23-44-29-33(38)42-22-43-34(29)45/h22-23,25-26,30-32,36,50-51H,7-21H2,1-6H3,(H8-,38,39,40,41,42,43,48,49,52,53,54,55,56,57,58,59)/p+1. The first kappa shape index (κ1) is 59.3. The number of unbranched alkanes of at least 4 members (excludes halogenated alkanes) is 2. The van der Waals surface area contributed by atoms with Crippen LogP contribution in [0, 0.1) is 11.3 Å². The van der Waals surface area contributed by atoms with Crippen LogP contribution in [-0.2, 0) is 55.5 Å². The normalized spacial score (nSPS) is 20.6. The molecular formula is C37H67N9O18P3S+. The van der Waals surface area contributed by atoms with Crippen molar-refractivity contribution in [2.75, 3.05) is 77.8 Å². The Morgan fingerprint density at radius 3 is 2.22 bits per heavy atom. The SMILES string of the molecule is CC(=O)C(CCCCNC(=O)CSCCNC(=O)CCNC(=O)C(O)C(C)(C)COP(=O)(O)OP(=O)(O)OCC1OC(n2cnc3c(N)ncnc32)C(O)C1OP(=O)(O)O)CCCC[N+](C)(C)C. The van der Waals surface area contributed by atoms with E-state index in [-0.39, 0.29) is 59.9 Å². The number of nitrogens with two attached hydrogens (primary N) is 1. The topological polar surface area (TPSA) is 393 Å². The number of thioether (sulfide) groups is 1. The van der Waals surface area contributed by atoms with E-state index < -0.39 is 84.6 Å². The Morgan fingerprint density at radius 2 is 1.57 bits per heavy atom. The van der Waals surface area contributed by atoms with Gasteiger partial charge in [-0.3, -0.25) is 37.3 Å². The number of fused-ring (bicyclic) bond motifs is 1. The van der Waals surface area contributed by atoms with Gasteiger partial charge >= 0.3 is 23.5 Å². The van der Waals surface area contributed by atoms with Gasteiger partial charge in [-0.1, -0.05) is 20.3 Å². The predicted octanol–water partition coefficient (Wildman–Crippen LogP) is 0.506.